The molecule has 0 spiro atoms. The van der Waals surface area contributed by atoms with Gasteiger partial charge in [0.2, 0.25) is 5.56 Å². The van der Waals surface area contributed by atoms with Crippen molar-refractivity contribution in [3.63, 3.8) is 0 Å². The van der Waals surface area contributed by atoms with Crippen molar-refractivity contribution in [3.05, 3.63) is 93.9 Å². The second-order valence-corrected chi connectivity index (χ2v) is 8.37. The molecule has 7 nitrogen and oxygen atoms in total. The van der Waals surface area contributed by atoms with Crippen LogP contribution in [0.2, 0.25) is 0 Å². The summed E-state index contributed by atoms with van der Waals surface area (Å²) >= 11 is 0. The second kappa shape index (κ2) is 10.2. The van der Waals surface area contributed by atoms with Gasteiger partial charge in [-0.3, -0.25) is 14.4 Å². The number of methoxy groups -OCH3 is 1. The van der Waals surface area contributed by atoms with Crippen molar-refractivity contribution in [2.45, 2.75) is 25.3 Å². The molecule has 2 aromatic carbocycles. The molecular formula is C27H25N3O4. The van der Waals surface area contributed by atoms with Gasteiger partial charge in [-0.25, -0.2) is 0 Å². The third-order valence-electron chi connectivity index (χ3n) is 6.29. The summed E-state index contributed by atoms with van der Waals surface area (Å²) in [5.74, 6) is -1.01. The van der Waals surface area contributed by atoms with Crippen LogP contribution < -0.4 is 5.56 Å². The second-order valence-electron chi connectivity index (χ2n) is 8.37. The van der Waals surface area contributed by atoms with E-state index in [-0.39, 0.29) is 23.5 Å². The van der Waals surface area contributed by atoms with Gasteiger partial charge in [0.05, 0.1) is 24.7 Å². The molecule has 1 N–H and O–H groups in total. The maximum absolute atomic E-state index is 13.4. The van der Waals surface area contributed by atoms with Crippen molar-refractivity contribution in [1.82, 2.24) is 9.88 Å². The molecule has 0 radical (unpaired) electrons. The Bertz CT molecular complexity index is 1270. The Kier molecular flexibility index (Phi) is 6.88. The van der Waals surface area contributed by atoms with Crippen LogP contribution in [0.15, 0.2) is 71.7 Å². The number of carbonyl (C=O) groups is 2. The highest BCUT2D eigenvalue weighted by molar-refractivity contribution is 5.95. The third kappa shape index (κ3) is 4.91. The lowest BCUT2D eigenvalue weighted by atomic mass is 9.89. The third-order valence-corrected chi connectivity index (χ3v) is 6.29. The van der Waals surface area contributed by atoms with Crippen molar-refractivity contribution in [2.75, 3.05) is 13.7 Å². The Labute approximate surface area is 197 Å². The quantitative estimate of drug-likeness (QED) is 0.573. The number of amides is 1. The van der Waals surface area contributed by atoms with Gasteiger partial charge in [-0.2, -0.15) is 5.26 Å². The first kappa shape index (κ1) is 23.0. The van der Waals surface area contributed by atoms with Gasteiger partial charge in [0.15, 0.2) is 0 Å². The largest absolute Gasteiger partial charge is 0.469 e. The Morgan fingerprint density at radius 3 is 2.59 bits per heavy atom. The number of rotatable bonds is 6. The van der Waals surface area contributed by atoms with E-state index in [1.165, 1.54) is 13.2 Å². The van der Waals surface area contributed by atoms with Crippen LogP contribution in [0.5, 0.6) is 0 Å². The number of nitrogens with one attached hydrogen (secondary N) is 1. The first-order valence-corrected chi connectivity index (χ1v) is 11.2. The first-order chi connectivity index (χ1) is 16.5. The number of hydrogen-bond acceptors (Lipinski definition) is 5. The zero-order chi connectivity index (χ0) is 24.1. The van der Waals surface area contributed by atoms with Crippen LogP contribution >= 0.6 is 0 Å². The Morgan fingerprint density at radius 2 is 1.91 bits per heavy atom. The van der Waals surface area contributed by atoms with Crippen LogP contribution in [0, 0.1) is 17.2 Å². The number of ether oxygens (including phenoxy) is 1. The first-order valence-electron chi connectivity index (χ1n) is 11.2. The van der Waals surface area contributed by atoms with Gasteiger partial charge in [-0.15, -0.1) is 0 Å². The zero-order valence-electron chi connectivity index (χ0n) is 18.9. The number of pyridine rings is 1. The summed E-state index contributed by atoms with van der Waals surface area (Å²) in [6.07, 6.45) is 3.54. The minimum atomic E-state index is -0.522. The molecule has 1 fully saturated rings. The van der Waals surface area contributed by atoms with E-state index in [2.05, 4.69) is 11.1 Å². The van der Waals surface area contributed by atoms with Crippen molar-refractivity contribution in [2.24, 2.45) is 5.92 Å². The monoisotopic (exact) mass is 455 g/mol. The molecule has 2 atom stereocenters. The Hall–Kier alpha value is -4.18. The Balaban J connectivity index is 1.55. The van der Waals surface area contributed by atoms with Crippen molar-refractivity contribution >= 4 is 11.9 Å². The molecule has 3 aromatic rings. The van der Waals surface area contributed by atoms with Gasteiger partial charge in [-0.1, -0.05) is 24.3 Å². The number of benzene rings is 2. The number of H-pyrrole nitrogens is 1. The predicted molar refractivity (Wildman–Crippen MR) is 127 cm³/mol. The number of nitriles is 1. The summed E-state index contributed by atoms with van der Waals surface area (Å²) in [6.45, 7) is 0.566. The normalized spacial score (nSPS) is 16.0. The minimum absolute atomic E-state index is 0.129. The summed E-state index contributed by atoms with van der Waals surface area (Å²) in [6, 6.07) is 19.4. The standard InChI is InChI=1S/C27H25N3O4/c1-34-27(33)23(15-18-4-2-5-19(14-18)16-28)24-6-3-13-30(24)26(32)21-9-7-20(8-10-21)22-11-12-25(31)29-17-22/h2,4-5,7-12,14,17,23-24H,3,6,13,15H2,1H3,(H,29,31)/t23-,24?/m1/s1. The maximum atomic E-state index is 13.4. The number of hydrogen-bond donors (Lipinski definition) is 1. The molecule has 2 heterocycles. The molecule has 0 saturated carbocycles. The summed E-state index contributed by atoms with van der Waals surface area (Å²) in [4.78, 5) is 41.9. The number of carbonyl (C=O) groups excluding carboxylic acids is 2. The van der Waals surface area contributed by atoms with Gasteiger partial charge >= 0.3 is 5.97 Å². The fraction of sp³-hybridized carbons (Fsp3) is 0.259. The molecule has 0 aliphatic carbocycles. The molecule has 7 heteroatoms. The minimum Gasteiger partial charge on any atom is -0.469 e. The van der Waals surface area contributed by atoms with Crippen LogP contribution in [0.4, 0.5) is 0 Å². The Morgan fingerprint density at radius 1 is 1.15 bits per heavy atom. The average molecular weight is 456 g/mol. The fourth-order valence-corrected chi connectivity index (χ4v) is 4.57. The number of aromatic amines is 1. The maximum Gasteiger partial charge on any atom is 0.311 e. The van der Waals surface area contributed by atoms with Gasteiger partial charge in [0, 0.05) is 30.4 Å². The molecular weight excluding hydrogens is 430 g/mol. The van der Waals surface area contributed by atoms with Gasteiger partial charge in [-0.05, 0) is 66.3 Å². The fourth-order valence-electron chi connectivity index (χ4n) is 4.57. The molecule has 1 aliphatic rings. The molecule has 0 bridgehead atoms. The number of aromatic nitrogens is 1. The van der Waals surface area contributed by atoms with E-state index in [4.69, 9.17) is 4.74 Å². The van der Waals surface area contributed by atoms with Crippen molar-refractivity contribution < 1.29 is 14.3 Å². The van der Waals surface area contributed by atoms with E-state index in [0.717, 1.165) is 23.1 Å². The molecule has 34 heavy (non-hydrogen) atoms. The summed E-state index contributed by atoms with van der Waals surface area (Å²) in [7, 11) is 1.36. The molecule has 1 aromatic heterocycles. The predicted octanol–water partition coefficient (Wildman–Crippen LogP) is 3.55. The van der Waals surface area contributed by atoms with Crippen LogP contribution in [-0.2, 0) is 16.0 Å². The number of likely N-dealkylation sites (tertiary alicyclic amines) is 1. The lowest BCUT2D eigenvalue weighted by Gasteiger charge is -2.30. The number of esters is 1. The molecule has 1 unspecified atom stereocenters. The molecule has 172 valence electrons. The van der Waals surface area contributed by atoms with Gasteiger partial charge < -0.3 is 14.6 Å². The van der Waals surface area contributed by atoms with Crippen LogP contribution in [0.3, 0.4) is 0 Å². The zero-order valence-corrected chi connectivity index (χ0v) is 18.9. The molecule has 1 aliphatic heterocycles. The van der Waals surface area contributed by atoms with E-state index >= 15 is 0 Å². The van der Waals surface area contributed by atoms with E-state index in [1.807, 2.05) is 18.2 Å². The molecule has 4 rings (SSSR count). The summed E-state index contributed by atoms with van der Waals surface area (Å²) < 4.78 is 5.09. The van der Waals surface area contributed by atoms with E-state index in [0.29, 0.717) is 30.5 Å². The number of nitrogens with zero attached hydrogens (tertiary/aromatic N) is 2. The van der Waals surface area contributed by atoms with Gasteiger partial charge in [0.25, 0.3) is 5.91 Å². The molecule has 1 amide bonds. The smallest absolute Gasteiger partial charge is 0.311 e. The average Bonchev–Trinajstić information content (AvgIpc) is 3.36. The van der Waals surface area contributed by atoms with E-state index in [9.17, 15) is 19.6 Å². The highest BCUT2D eigenvalue weighted by Gasteiger charge is 2.39. The SMILES string of the molecule is COC(=O)[C@H](Cc1cccc(C#N)c1)C1CCCN1C(=O)c1ccc(-c2ccc(=O)[nH]c2)cc1. The highest BCUT2D eigenvalue weighted by Crippen LogP contribution is 2.30. The van der Waals surface area contributed by atoms with Crippen LogP contribution in [-0.4, -0.2) is 41.5 Å². The van der Waals surface area contributed by atoms with Crippen LogP contribution in [0.25, 0.3) is 11.1 Å². The topological polar surface area (TPSA) is 103 Å². The van der Waals surface area contributed by atoms with Gasteiger partial charge in [0.1, 0.15) is 0 Å². The van der Waals surface area contributed by atoms with E-state index < -0.39 is 5.92 Å². The van der Waals surface area contributed by atoms with Crippen molar-refractivity contribution in [3.8, 4) is 17.2 Å². The molecule has 1 saturated heterocycles. The van der Waals surface area contributed by atoms with Crippen LogP contribution in [0.1, 0.15) is 34.3 Å². The van der Waals surface area contributed by atoms with Crippen molar-refractivity contribution in [1.29, 1.82) is 5.26 Å². The highest BCUT2D eigenvalue weighted by atomic mass is 16.5. The lowest BCUT2D eigenvalue weighted by molar-refractivity contribution is -0.147. The van der Waals surface area contributed by atoms with E-state index in [1.54, 1.807) is 47.5 Å². The lowest BCUT2D eigenvalue weighted by Crippen LogP contribution is -2.44. The summed E-state index contributed by atoms with van der Waals surface area (Å²) in [5.41, 5.74) is 3.49. The summed E-state index contributed by atoms with van der Waals surface area (Å²) in [5, 5.41) is 9.20.